The molecular weight excluding hydrogens is 306 g/mol. The van der Waals surface area contributed by atoms with E-state index in [1.807, 2.05) is 0 Å². The minimum Gasteiger partial charge on any atom is -0.389 e. The molecule has 2 aromatic rings. The number of likely N-dealkylation sites (tertiary alicyclic amines) is 1. The largest absolute Gasteiger partial charge is 0.389 e. The molecule has 1 aliphatic rings. The predicted molar refractivity (Wildman–Crippen MR) is 105 cm³/mol. The van der Waals surface area contributed by atoms with E-state index in [0.29, 0.717) is 5.92 Å². The van der Waals surface area contributed by atoms with Crippen LogP contribution in [0.25, 0.3) is 0 Å². The van der Waals surface area contributed by atoms with Crippen LogP contribution in [0.4, 0.5) is 0 Å². The van der Waals surface area contributed by atoms with Crippen molar-refractivity contribution in [3.05, 3.63) is 71.8 Å². The zero-order valence-electron chi connectivity index (χ0n) is 15.8. The van der Waals surface area contributed by atoms with Crippen LogP contribution < -0.4 is 0 Å². The van der Waals surface area contributed by atoms with Crippen molar-refractivity contribution >= 4 is 0 Å². The predicted octanol–water partition coefficient (Wildman–Crippen LogP) is 4.69. The van der Waals surface area contributed by atoms with Crippen LogP contribution in [0.1, 0.15) is 50.7 Å². The fourth-order valence-corrected chi connectivity index (χ4v) is 3.89. The van der Waals surface area contributed by atoms with Crippen molar-refractivity contribution in [1.29, 1.82) is 0 Å². The zero-order valence-corrected chi connectivity index (χ0v) is 15.8. The number of nitrogens with zero attached hydrogens (tertiary/aromatic N) is 1. The molecule has 1 heterocycles. The molecule has 0 saturated carbocycles. The number of rotatable bonds is 4. The summed E-state index contributed by atoms with van der Waals surface area (Å²) >= 11 is 0. The molecule has 0 amide bonds. The Kier molecular flexibility index (Phi) is 5.31. The second-order valence-corrected chi connectivity index (χ2v) is 8.46. The van der Waals surface area contributed by atoms with Crippen LogP contribution in [0.2, 0.25) is 0 Å². The molecule has 0 aromatic heterocycles. The van der Waals surface area contributed by atoms with Crippen molar-refractivity contribution in [2.24, 2.45) is 5.41 Å². The van der Waals surface area contributed by atoms with Crippen molar-refractivity contribution in [3.63, 3.8) is 0 Å². The van der Waals surface area contributed by atoms with Gasteiger partial charge in [0.15, 0.2) is 0 Å². The van der Waals surface area contributed by atoms with Crippen molar-refractivity contribution in [2.45, 2.75) is 45.1 Å². The van der Waals surface area contributed by atoms with Gasteiger partial charge < -0.3 is 10.0 Å². The van der Waals surface area contributed by atoms with E-state index in [0.717, 1.165) is 32.5 Å². The van der Waals surface area contributed by atoms with Gasteiger partial charge in [-0.2, -0.15) is 0 Å². The van der Waals surface area contributed by atoms with Crippen LogP contribution in [0.15, 0.2) is 60.7 Å². The van der Waals surface area contributed by atoms with Gasteiger partial charge in [0.2, 0.25) is 0 Å². The fraction of sp³-hybridized carbons (Fsp3) is 0.478. The molecule has 3 rings (SSSR count). The minimum absolute atomic E-state index is 0.0582. The van der Waals surface area contributed by atoms with Crippen LogP contribution in [0.5, 0.6) is 0 Å². The van der Waals surface area contributed by atoms with Gasteiger partial charge in [0, 0.05) is 25.6 Å². The van der Waals surface area contributed by atoms with Crippen molar-refractivity contribution in [1.82, 2.24) is 4.90 Å². The first-order chi connectivity index (χ1) is 11.9. The van der Waals surface area contributed by atoms with E-state index >= 15 is 0 Å². The van der Waals surface area contributed by atoms with Gasteiger partial charge in [-0.25, -0.2) is 0 Å². The second kappa shape index (κ2) is 7.31. The van der Waals surface area contributed by atoms with Crippen LogP contribution in [0.3, 0.4) is 0 Å². The first kappa shape index (κ1) is 18.2. The molecule has 1 N–H and O–H groups in total. The summed E-state index contributed by atoms with van der Waals surface area (Å²) in [5.41, 5.74) is 2.13. The highest BCUT2D eigenvalue weighted by molar-refractivity contribution is 5.32. The molecule has 1 fully saturated rings. The third kappa shape index (κ3) is 4.13. The third-order valence-corrected chi connectivity index (χ3v) is 5.92. The Labute approximate surface area is 152 Å². The van der Waals surface area contributed by atoms with Crippen molar-refractivity contribution in [2.75, 3.05) is 19.6 Å². The SMILES string of the molecule is CC(C)(C)C1(O)CCN(CC(c2ccccc2)c2ccccc2)CC1. The van der Waals surface area contributed by atoms with Crippen LogP contribution in [-0.2, 0) is 0 Å². The molecule has 0 atom stereocenters. The Morgan fingerprint density at radius 3 is 1.72 bits per heavy atom. The molecule has 2 heteroatoms. The number of hydrogen-bond acceptors (Lipinski definition) is 2. The Hall–Kier alpha value is -1.64. The van der Waals surface area contributed by atoms with Gasteiger partial charge in [-0.1, -0.05) is 81.4 Å². The Balaban J connectivity index is 1.75. The summed E-state index contributed by atoms with van der Waals surface area (Å²) in [6.07, 6.45) is 1.71. The summed E-state index contributed by atoms with van der Waals surface area (Å²) in [5.74, 6) is 0.378. The second-order valence-electron chi connectivity index (χ2n) is 8.46. The van der Waals surface area contributed by atoms with E-state index in [4.69, 9.17) is 0 Å². The molecule has 0 unspecified atom stereocenters. The number of hydrogen-bond donors (Lipinski definition) is 1. The van der Waals surface area contributed by atoms with E-state index < -0.39 is 5.60 Å². The average molecular weight is 338 g/mol. The lowest BCUT2D eigenvalue weighted by Gasteiger charge is -2.46. The summed E-state index contributed by atoms with van der Waals surface area (Å²) in [5, 5.41) is 11.0. The molecular formula is C23H31NO. The molecule has 1 aliphatic heterocycles. The average Bonchev–Trinajstić information content (AvgIpc) is 2.62. The smallest absolute Gasteiger partial charge is 0.0720 e. The molecule has 0 bridgehead atoms. The molecule has 0 spiro atoms. The fourth-order valence-electron chi connectivity index (χ4n) is 3.89. The highest BCUT2D eigenvalue weighted by atomic mass is 16.3. The first-order valence-corrected chi connectivity index (χ1v) is 9.44. The summed E-state index contributed by atoms with van der Waals surface area (Å²) < 4.78 is 0. The van der Waals surface area contributed by atoms with E-state index in [1.54, 1.807) is 0 Å². The van der Waals surface area contributed by atoms with Gasteiger partial charge in [-0.15, -0.1) is 0 Å². The molecule has 2 aromatic carbocycles. The minimum atomic E-state index is -0.543. The van der Waals surface area contributed by atoms with Gasteiger partial charge in [0.05, 0.1) is 5.60 Å². The van der Waals surface area contributed by atoms with Gasteiger partial charge in [-0.3, -0.25) is 0 Å². The first-order valence-electron chi connectivity index (χ1n) is 9.44. The highest BCUT2D eigenvalue weighted by Gasteiger charge is 2.42. The summed E-state index contributed by atoms with van der Waals surface area (Å²) in [7, 11) is 0. The molecule has 25 heavy (non-hydrogen) atoms. The van der Waals surface area contributed by atoms with E-state index in [1.165, 1.54) is 11.1 Å². The van der Waals surface area contributed by atoms with Gasteiger partial charge >= 0.3 is 0 Å². The standard InChI is InChI=1S/C23H31NO/c1-22(2,3)23(25)14-16-24(17-15-23)18-21(19-10-6-4-7-11-19)20-12-8-5-9-13-20/h4-13,21,25H,14-18H2,1-3H3. The van der Waals surface area contributed by atoms with Crippen LogP contribution in [-0.4, -0.2) is 35.2 Å². The molecule has 0 aliphatic carbocycles. The van der Waals surface area contributed by atoms with Gasteiger partial charge in [0.1, 0.15) is 0 Å². The number of benzene rings is 2. The summed E-state index contributed by atoms with van der Waals surface area (Å²) in [4.78, 5) is 2.52. The van der Waals surface area contributed by atoms with E-state index in [2.05, 4.69) is 86.3 Å². The topological polar surface area (TPSA) is 23.5 Å². The lowest BCUT2D eigenvalue weighted by molar-refractivity contribution is -0.0990. The van der Waals surface area contributed by atoms with E-state index in [-0.39, 0.29) is 5.41 Å². The molecule has 134 valence electrons. The maximum Gasteiger partial charge on any atom is 0.0720 e. The Morgan fingerprint density at radius 2 is 1.32 bits per heavy atom. The third-order valence-electron chi connectivity index (χ3n) is 5.92. The van der Waals surface area contributed by atoms with Gasteiger partial charge in [-0.05, 0) is 29.4 Å². The lowest BCUT2D eigenvalue weighted by atomic mass is 9.71. The van der Waals surface area contributed by atoms with Crippen LogP contribution in [0, 0.1) is 5.41 Å². The lowest BCUT2D eigenvalue weighted by Crippen LogP contribution is -2.52. The monoisotopic (exact) mass is 337 g/mol. The molecule has 1 saturated heterocycles. The maximum absolute atomic E-state index is 11.0. The molecule has 0 radical (unpaired) electrons. The quantitative estimate of drug-likeness (QED) is 0.875. The van der Waals surface area contributed by atoms with Crippen LogP contribution >= 0.6 is 0 Å². The van der Waals surface area contributed by atoms with Crippen molar-refractivity contribution < 1.29 is 5.11 Å². The normalized spacial score (nSPS) is 18.4. The number of piperidine rings is 1. The summed E-state index contributed by atoms with van der Waals surface area (Å²) in [6, 6.07) is 21.6. The van der Waals surface area contributed by atoms with Gasteiger partial charge in [0.25, 0.3) is 0 Å². The molecule has 2 nitrogen and oxygen atoms in total. The zero-order chi connectivity index (χ0) is 17.9. The highest BCUT2D eigenvalue weighted by Crippen LogP contribution is 2.39. The number of aliphatic hydroxyl groups is 1. The van der Waals surface area contributed by atoms with E-state index in [9.17, 15) is 5.11 Å². The maximum atomic E-state index is 11.0. The summed E-state index contributed by atoms with van der Waals surface area (Å²) in [6.45, 7) is 9.39. The Morgan fingerprint density at radius 1 is 0.880 bits per heavy atom. The Bertz CT molecular complexity index is 612. The van der Waals surface area contributed by atoms with Crippen molar-refractivity contribution in [3.8, 4) is 0 Å².